The number of aliphatic imine (C=N–C) groups is 1. The van der Waals surface area contributed by atoms with Gasteiger partial charge in [0.1, 0.15) is 5.82 Å². The number of aryl methyl sites for hydroxylation is 1. The number of allylic oxidation sites excluding steroid dienone is 1. The zero-order valence-corrected chi connectivity index (χ0v) is 15.0. The van der Waals surface area contributed by atoms with Gasteiger partial charge in [0.2, 0.25) is 0 Å². The van der Waals surface area contributed by atoms with Gasteiger partial charge in [-0.3, -0.25) is 9.79 Å². The fourth-order valence-corrected chi connectivity index (χ4v) is 3.75. The van der Waals surface area contributed by atoms with Crippen molar-refractivity contribution in [3.05, 3.63) is 71.2 Å². The lowest BCUT2D eigenvalue weighted by atomic mass is 10.00. The van der Waals surface area contributed by atoms with Crippen molar-refractivity contribution in [2.75, 3.05) is 0 Å². The summed E-state index contributed by atoms with van der Waals surface area (Å²) in [7, 11) is 0. The highest BCUT2D eigenvalue weighted by atomic mass is 19.1. The van der Waals surface area contributed by atoms with Crippen LogP contribution in [0.2, 0.25) is 0 Å². The molecule has 1 aliphatic heterocycles. The molecule has 2 aromatic carbocycles. The number of fused-ring (bicyclic) bond motifs is 2. The van der Waals surface area contributed by atoms with E-state index in [9.17, 15) is 14.3 Å². The highest BCUT2D eigenvalue weighted by Crippen LogP contribution is 2.36. The van der Waals surface area contributed by atoms with E-state index in [0.29, 0.717) is 13.0 Å². The van der Waals surface area contributed by atoms with Gasteiger partial charge in [0.25, 0.3) is 0 Å². The molecule has 1 N–H and O–H groups in total. The summed E-state index contributed by atoms with van der Waals surface area (Å²) < 4.78 is 15.5. The molecule has 3 aromatic rings. The first-order chi connectivity index (χ1) is 13.0. The number of carbonyl (C=O) groups is 1. The van der Waals surface area contributed by atoms with E-state index in [1.807, 2.05) is 17.7 Å². The minimum absolute atomic E-state index is 0.0381. The average Bonchev–Trinajstić information content (AvgIpc) is 3.20. The second-order valence-corrected chi connectivity index (χ2v) is 6.85. The Hall–Kier alpha value is -3.21. The van der Waals surface area contributed by atoms with Crippen molar-refractivity contribution < 1.29 is 14.3 Å². The van der Waals surface area contributed by atoms with Crippen molar-refractivity contribution in [3.8, 4) is 5.69 Å². The number of benzene rings is 2. The Kier molecular flexibility index (Phi) is 4.15. The van der Waals surface area contributed by atoms with Crippen LogP contribution in [0.5, 0.6) is 0 Å². The Labute approximate surface area is 156 Å². The largest absolute Gasteiger partial charge is 0.481 e. The second kappa shape index (κ2) is 6.50. The molecule has 27 heavy (non-hydrogen) atoms. The number of carboxylic acids is 1. The Balaban J connectivity index is 2.05. The molecule has 4 nitrogen and oxygen atoms in total. The van der Waals surface area contributed by atoms with Crippen LogP contribution in [0.4, 0.5) is 4.39 Å². The average molecular weight is 362 g/mol. The number of halogens is 1. The molecule has 0 fully saturated rings. The number of nitrogens with zero attached hydrogens (tertiary/aromatic N) is 2. The van der Waals surface area contributed by atoms with Crippen molar-refractivity contribution in [2.45, 2.75) is 26.3 Å². The van der Waals surface area contributed by atoms with Crippen LogP contribution in [0.15, 0.2) is 48.0 Å². The Morgan fingerprint density at radius 3 is 2.70 bits per heavy atom. The summed E-state index contributed by atoms with van der Waals surface area (Å²) in [5.41, 5.74) is 6.63. The maximum Gasteiger partial charge on any atom is 0.303 e. The molecule has 0 radical (unpaired) electrons. The molecular formula is C22H19FN2O2. The van der Waals surface area contributed by atoms with Crippen molar-refractivity contribution in [1.29, 1.82) is 0 Å². The lowest BCUT2D eigenvalue weighted by molar-refractivity contribution is -0.136. The number of aromatic nitrogens is 1. The number of carboxylic acid groups (broad SMARTS) is 1. The maximum atomic E-state index is 13.5. The highest BCUT2D eigenvalue weighted by molar-refractivity contribution is 5.98. The SMILES string of the molecule is C=C(C)c1c(CCC(=O)O)c2cc3c(cc2n1-c1ccc(F)cc1)C=NC3. The molecule has 4 rings (SSSR count). The van der Waals surface area contributed by atoms with Gasteiger partial charge in [-0.1, -0.05) is 6.58 Å². The summed E-state index contributed by atoms with van der Waals surface area (Å²) in [5, 5.41) is 10.2. The van der Waals surface area contributed by atoms with Crippen LogP contribution in [-0.2, 0) is 17.8 Å². The van der Waals surface area contributed by atoms with Crippen LogP contribution in [0.1, 0.15) is 35.7 Å². The van der Waals surface area contributed by atoms with E-state index in [4.69, 9.17) is 0 Å². The smallest absolute Gasteiger partial charge is 0.303 e. The van der Waals surface area contributed by atoms with Crippen LogP contribution >= 0.6 is 0 Å². The van der Waals surface area contributed by atoms with Crippen molar-refractivity contribution >= 4 is 28.7 Å². The fourth-order valence-electron chi connectivity index (χ4n) is 3.75. The van der Waals surface area contributed by atoms with Crippen LogP contribution in [0.3, 0.4) is 0 Å². The molecule has 0 spiro atoms. The van der Waals surface area contributed by atoms with E-state index in [1.165, 1.54) is 12.1 Å². The van der Waals surface area contributed by atoms with Gasteiger partial charge in [-0.15, -0.1) is 0 Å². The Morgan fingerprint density at radius 2 is 2.04 bits per heavy atom. The van der Waals surface area contributed by atoms with Crippen LogP contribution in [0, 0.1) is 5.82 Å². The number of aliphatic carboxylic acids is 1. The second-order valence-electron chi connectivity index (χ2n) is 6.85. The van der Waals surface area contributed by atoms with Crippen molar-refractivity contribution in [2.24, 2.45) is 4.99 Å². The molecule has 136 valence electrons. The summed E-state index contributed by atoms with van der Waals surface area (Å²) in [6.07, 6.45) is 2.30. The topological polar surface area (TPSA) is 54.6 Å². The summed E-state index contributed by atoms with van der Waals surface area (Å²) in [6, 6.07) is 10.5. The van der Waals surface area contributed by atoms with Gasteiger partial charge < -0.3 is 9.67 Å². The lowest BCUT2D eigenvalue weighted by Gasteiger charge is -2.12. The minimum Gasteiger partial charge on any atom is -0.481 e. The standard InChI is InChI=1S/C22H19FN2O2/c1-13(2)22-18(7-8-21(26)27)19-9-14-11-24-12-15(14)10-20(19)25(22)17-5-3-16(23)4-6-17/h3-6,9-10,12H,1,7-8,11H2,2H3,(H,26,27). The molecule has 1 aromatic heterocycles. The van der Waals surface area contributed by atoms with Crippen LogP contribution in [-0.4, -0.2) is 21.9 Å². The van der Waals surface area contributed by atoms with E-state index < -0.39 is 5.97 Å². The van der Waals surface area contributed by atoms with Crippen LogP contribution < -0.4 is 0 Å². The summed E-state index contributed by atoms with van der Waals surface area (Å²) >= 11 is 0. The number of rotatable bonds is 5. The normalized spacial score (nSPS) is 12.5. The zero-order valence-electron chi connectivity index (χ0n) is 15.0. The van der Waals surface area contributed by atoms with Crippen molar-refractivity contribution in [3.63, 3.8) is 0 Å². The number of hydrogen-bond donors (Lipinski definition) is 1. The summed E-state index contributed by atoms with van der Waals surface area (Å²) in [6.45, 7) is 6.67. The monoisotopic (exact) mass is 362 g/mol. The third kappa shape index (κ3) is 2.95. The van der Waals surface area contributed by atoms with Crippen LogP contribution in [0.25, 0.3) is 22.2 Å². The molecule has 0 saturated heterocycles. The van der Waals surface area contributed by atoms with Gasteiger partial charge in [-0.25, -0.2) is 4.39 Å². The predicted molar refractivity (Wildman–Crippen MR) is 105 cm³/mol. The third-order valence-electron chi connectivity index (χ3n) is 4.90. The predicted octanol–water partition coefficient (Wildman–Crippen LogP) is 4.75. The molecular weight excluding hydrogens is 343 g/mol. The molecule has 0 unspecified atom stereocenters. The van der Waals surface area contributed by atoms with Crippen molar-refractivity contribution in [1.82, 2.24) is 4.57 Å². The van der Waals surface area contributed by atoms with Gasteiger partial charge in [-0.2, -0.15) is 0 Å². The van der Waals surface area contributed by atoms with Gasteiger partial charge in [0.15, 0.2) is 0 Å². The molecule has 0 atom stereocenters. The Bertz CT molecular complexity index is 1110. The first-order valence-electron chi connectivity index (χ1n) is 8.79. The molecule has 2 heterocycles. The van der Waals surface area contributed by atoms with Gasteiger partial charge in [-0.05, 0) is 72.0 Å². The third-order valence-corrected chi connectivity index (χ3v) is 4.90. The Morgan fingerprint density at radius 1 is 1.30 bits per heavy atom. The molecule has 0 saturated carbocycles. The highest BCUT2D eigenvalue weighted by Gasteiger charge is 2.22. The molecule has 5 heteroatoms. The van der Waals surface area contributed by atoms with Gasteiger partial charge >= 0.3 is 5.97 Å². The number of hydrogen-bond acceptors (Lipinski definition) is 2. The van der Waals surface area contributed by atoms with E-state index in [1.54, 1.807) is 12.1 Å². The van der Waals surface area contributed by atoms with E-state index in [0.717, 1.165) is 44.5 Å². The molecule has 1 aliphatic rings. The first-order valence-corrected chi connectivity index (χ1v) is 8.79. The minimum atomic E-state index is -0.838. The quantitative estimate of drug-likeness (QED) is 0.712. The van der Waals surface area contributed by atoms with E-state index >= 15 is 0 Å². The first kappa shape index (κ1) is 17.2. The molecule has 0 aliphatic carbocycles. The fraction of sp³-hybridized carbons (Fsp3) is 0.182. The zero-order chi connectivity index (χ0) is 19.1. The molecule has 0 amide bonds. The van der Waals surface area contributed by atoms with E-state index in [-0.39, 0.29) is 12.2 Å². The summed E-state index contributed by atoms with van der Waals surface area (Å²) in [4.78, 5) is 15.5. The molecule has 0 bridgehead atoms. The lowest BCUT2D eigenvalue weighted by Crippen LogP contribution is -2.03. The van der Waals surface area contributed by atoms with E-state index in [2.05, 4.69) is 23.7 Å². The van der Waals surface area contributed by atoms with Gasteiger partial charge in [0, 0.05) is 23.7 Å². The maximum absolute atomic E-state index is 13.5. The summed E-state index contributed by atoms with van der Waals surface area (Å²) in [5.74, 6) is -1.14. The van der Waals surface area contributed by atoms with Gasteiger partial charge in [0.05, 0.1) is 17.8 Å².